The molecule has 246 valence electrons. The average molecular weight is 657 g/mol. The van der Waals surface area contributed by atoms with E-state index in [0.717, 1.165) is 34.1 Å². The Hall–Kier alpha value is -6.12. The molecule has 8 aromatic carbocycles. The molecule has 0 bridgehead atoms. The second-order valence-corrected chi connectivity index (χ2v) is 14.4. The van der Waals surface area contributed by atoms with Crippen LogP contribution in [-0.2, 0) is 5.41 Å². The van der Waals surface area contributed by atoms with Crippen molar-refractivity contribution in [3.8, 4) is 11.1 Å². The van der Waals surface area contributed by atoms with Crippen LogP contribution in [0, 0.1) is 13.8 Å². The van der Waals surface area contributed by atoms with E-state index in [1.54, 1.807) is 0 Å². The zero-order valence-electron chi connectivity index (χ0n) is 29.6. The highest BCUT2D eigenvalue weighted by Crippen LogP contribution is 2.52. The Bertz CT molecular complexity index is 2550. The number of para-hydroxylation sites is 2. The molecular formula is C49H40N2. The van der Waals surface area contributed by atoms with Crippen molar-refractivity contribution in [1.82, 2.24) is 0 Å². The maximum atomic E-state index is 2.43. The van der Waals surface area contributed by atoms with Crippen molar-refractivity contribution in [2.45, 2.75) is 33.1 Å². The van der Waals surface area contributed by atoms with Gasteiger partial charge < -0.3 is 9.80 Å². The molecule has 0 N–H and O–H groups in total. The third-order valence-electron chi connectivity index (χ3n) is 10.7. The lowest BCUT2D eigenvalue weighted by Gasteiger charge is -2.37. The molecule has 8 aromatic rings. The molecule has 0 aliphatic heterocycles. The topological polar surface area (TPSA) is 6.48 Å². The minimum absolute atomic E-state index is 0.212. The highest BCUT2D eigenvalue weighted by molar-refractivity contribution is 6.17. The molecule has 2 nitrogen and oxygen atoms in total. The van der Waals surface area contributed by atoms with Crippen LogP contribution in [0.25, 0.3) is 32.7 Å². The number of nitrogens with zero attached hydrogens (tertiary/aromatic N) is 2. The summed E-state index contributed by atoms with van der Waals surface area (Å²) in [6.07, 6.45) is 0. The lowest BCUT2D eigenvalue weighted by molar-refractivity contribution is 0.645. The Labute approximate surface area is 300 Å². The van der Waals surface area contributed by atoms with Gasteiger partial charge in [0.25, 0.3) is 0 Å². The molecule has 0 spiro atoms. The molecule has 0 atom stereocenters. The van der Waals surface area contributed by atoms with Gasteiger partial charge in [0.15, 0.2) is 0 Å². The number of hydrogen-bond acceptors (Lipinski definition) is 2. The van der Waals surface area contributed by atoms with E-state index in [0.29, 0.717) is 0 Å². The van der Waals surface area contributed by atoms with Gasteiger partial charge in [-0.3, -0.25) is 0 Å². The van der Waals surface area contributed by atoms with Crippen LogP contribution in [0.1, 0.15) is 36.1 Å². The largest absolute Gasteiger partial charge is 0.310 e. The molecule has 1 aliphatic rings. The smallest absolute Gasteiger partial charge is 0.0468 e. The summed E-state index contributed by atoms with van der Waals surface area (Å²) in [5, 5.41) is 5.17. The number of anilines is 6. The first-order valence-corrected chi connectivity index (χ1v) is 17.9. The van der Waals surface area contributed by atoms with Crippen LogP contribution in [0.15, 0.2) is 170 Å². The summed E-state index contributed by atoms with van der Waals surface area (Å²) in [5.41, 5.74) is 14.5. The van der Waals surface area contributed by atoms with Crippen LogP contribution in [0.5, 0.6) is 0 Å². The molecular weight excluding hydrogens is 617 g/mol. The Morgan fingerprint density at radius 2 is 0.882 bits per heavy atom. The highest BCUT2D eigenvalue weighted by atomic mass is 15.1. The third-order valence-corrected chi connectivity index (χ3v) is 10.7. The average Bonchev–Trinajstić information content (AvgIpc) is 3.16. The van der Waals surface area contributed by atoms with Crippen LogP contribution in [-0.4, -0.2) is 0 Å². The van der Waals surface area contributed by atoms with Gasteiger partial charge in [-0.2, -0.15) is 0 Å². The summed E-state index contributed by atoms with van der Waals surface area (Å²) in [4.78, 5) is 4.74. The van der Waals surface area contributed by atoms with Gasteiger partial charge in [0.2, 0.25) is 0 Å². The van der Waals surface area contributed by atoms with Crippen molar-refractivity contribution < 1.29 is 0 Å². The second-order valence-electron chi connectivity index (χ2n) is 14.4. The number of hydrogen-bond donors (Lipinski definition) is 0. The lowest BCUT2D eigenvalue weighted by atomic mass is 9.68. The maximum Gasteiger partial charge on any atom is 0.0468 e. The Kier molecular flexibility index (Phi) is 7.29. The predicted molar refractivity (Wildman–Crippen MR) is 218 cm³/mol. The fourth-order valence-electron chi connectivity index (χ4n) is 8.07. The molecule has 0 amide bonds. The molecule has 0 heterocycles. The molecule has 0 saturated carbocycles. The summed E-state index contributed by atoms with van der Waals surface area (Å²) in [6, 6.07) is 62.4. The molecule has 0 saturated heterocycles. The lowest BCUT2D eigenvalue weighted by Crippen LogP contribution is -2.24. The van der Waals surface area contributed by atoms with Crippen LogP contribution < -0.4 is 9.80 Å². The van der Waals surface area contributed by atoms with Gasteiger partial charge in [0, 0.05) is 39.5 Å². The fourth-order valence-corrected chi connectivity index (χ4v) is 8.07. The molecule has 9 rings (SSSR count). The SMILES string of the molecule is Cc1ccc(N(c2ccccc2)c2ccc3c(c2)C(C)(C)c2cccc4c2c-3cc2ccc(N(c3ccccc3)c3ccc(C)cc3)cc24)cc1. The van der Waals surface area contributed by atoms with Crippen molar-refractivity contribution in [3.63, 3.8) is 0 Å². The Morgan fingerprint density at radius 3 is 1.47 bits per heavy atom. The van der Waals surface area contributed by atoms with Crippen LogP contribution >= 0.6 is 0 Å². The number of rotatable bonds is 6. The van der Waals surface area contributed by atoms with Gasteiger partial charge in [-0.05, 0) is 137 Å². The fraction of sp³-hybridized carbons (Fsp3) is 0.102. The second kappa shape index (κ2) is 12.0. The molecule has 0 aromatic heterocycles. The standard InChI is InChI=1S/C49H40N2/c1-33-18-23-38(24-19-33)50(36-12-7-5-8-13-36)40-27-22-35-30-45-42-29-28-41(51(37-14-9-6-10-15-37)39-25-20-34(2)21-26-39)32-47(42)49(3,4)46-17-11-16-43(48(45)46)44(35)31-40/h5-32H,1-4H3. The predicted octanol–water partition coefficient (Wildman–Crippen LogP) is 13.9. The number of benzene rings is 8. The van der Waals surface area contributed by atoms with Crippen LogP contribution in [0.3, 0.4) is 0 Å². The summed E-state index contributed by atoms with van der Waals surface area (Å²) in [5.74, 6) is 0. The summed E-state index contributed by atoms with van der Waals surface area (Å²) in [6.45, 7) is 9.06. The van der Waals surface area contributed by atoms with E-state index in [1.165, 1.54) is 54.9 Å². The minimum atomic E-state index is -0.212. The molecule has 0 unspecified atom stereocenters. The van der Waals surface area contributed by atoms with Gasteiger partial charge in [-0.1, -0.05) is 116 Å². The van der Waals surface area contributed by atoms with E-state index in [9.17, 15) is 0 Å². The first kappa shape index (κ1) is 30.9. The summed E-state index contributed by atoms with van der Waals surface area (Å²) < 4.78 is 0. The van der Waals surface area contributed by atoms with E-state index in [-0.39, 0.29) is 5.41 Å². The summed E-state index contributed by atoms with van der Waals surface area (Å²) >= 11 is 0. The molecule has 0 fully saturated rings. The van der Waals surface area contributed by atoms with E-state index in [4.69, 9.17) is 0 Å². The number of aryl methyl sites for hydroxylation is 2. The zero-order valence-corrected chi connectivity index (χ0v) is 29.6. The van der Waals surface area contributed by atoms with Crippen LogP contribution in [0.2, 0.25) is 0 Å². The Balaban J connectivity index is 1.23. The van der Waals surface area contributed by atoms with E-state index < -0.39 is 0 Å². The monoisotopic (exact) mass is 656 g/mol. The quantitative estimate of drug-likeness (QED) is 0.164. The van der Waals surface area contributed by atoms with Gasteiger partial charge in [-0.25, -0.2) is 0 Å². The van der Waals surface area contributed by atoms with E-state index in [2.05, 4.69) is 207 Å². The van der Waals surface area contributed by atoms with Gasteiger partial charge in [0.1, 0.15) is 0 Å². The van der Waals surface area contributed by atoms with E-state index >= 15 is 0 Å². The molecule has 2 heteroatoms. The van der Waals surface area contributed by atoms with Gasteiger partial charge >= 0.3 is 0 Å². The van der Waals surface area contributed by atoms with Crippen molar-refractivity contribution >= 4 is 55.7 Å². The van der Waals surface area contributed by atoms with Crippen LogP contribution in [0.4, 0.5) is 34.1 Å². The molecule has 0 radical (unpaired) electrons. The van der Waals surface area contributed by atoms with Gasteiger partial charge in [-0.15, -0.1) is 0 Å². The van der Waals surface area contributed by atoms with Crippen molar-refractivity contribution in [1.29, 1.82) is 0 Å². The van der Waals surface area contributed by atoms with Gasteiger partial charge in [0.05, 0.1) is 0 Å². The molecule has 1 aliphatic carbocycles. The third kappa shape index (κ3) is 5.18. The maximum absolute atomic E-state index is 2.43. The Morgan fingerprint density at radius 1 is 0.373 bits per heavy atom. The normalized spacial score (nSPS) is 12.9. The minimum Gasteiger partial charge on any atom is -0.310 e. The van der Waals surface area contributed by atoms with Crippen molar-refractivity contribution in [3.05, 3.63) is 192 Å². The van der Waals surface area contributed by atoms with E-state index in [1.807, 2.05) is 0 Å². The zero-order chi connectivity index (χ0) is 34.7. The molecule has 51 heavy (non-hydrogen) atoms. The highest BCUT2D eigenvalue weighted by Gasteiger charge is 2.34. The number of fused-ring (bicyclic) bond motifs is 4. The van der Waals surface area contributed by atoms with Crippen molar-refractivity contribution in [2.24, 2.45) is 0 Å². The summed E-state index contributed by atoms with van der Waals surface area (Å²) in [7, 11) is 0. The van der Waals surface area contributed by atoms with Crippen molar-refractivity contribution in [2.75, 3.05) is 9.80 Å². The first-order chi connectivity index (χ1) is 24.9. The first-order valence-electron chi connectivity index (χ1n) is 17.9.